The molecule has 1 heterocycles. The van der Waals surface area contributed by atoms with Crippen LogP contribution in [0.25, 0.3) is 0 Å². The lowest BCUT2D eigenvalue weighted by atomic mass is 10.1. The maximum absolute atomic E-state index is 12.2. The Labute approximate surface area is 141 Å². The number of carbonyl (C=O) groups excluding carboxylic acids is 3. The Kier molecular flexibility index (Phi) is 7.29. The Hall–Kier alpha value is -2.51. The molecule has 1 N–H and O–H groups in total. The van der Waals surface area contributed by atoms with Gasteiger partial charge in [0.05, 0.1) is 13.2 Å². The zero-order chi connectivity index (χ0) is 18.3. The van der Waals surface area contributed by atoms with E-state index in [9.17, 15) is 14.4 Å². The molecular weight excluding hydrogens is 316 g/mol. The van der Waals surface area contributed by atoms with Crippen molar-refractivity contribution in [3.05, 3.63) is 16.9 Å². The molecule has 0 aliphatic heterocycles. The topological polar surface area (TPSA) is 98.1 Å². The summed E-state index contributed by atoms with van der Waals surface area (Å²) in [6.45, 7) is 9.70. The first kappa shape index (κ1) is 19.5. The summed E-state index contributed by atoms with van der Waals surface area (Å²) in [5, 5.41) is 2.52. The van der Waals surface area contributed by atoms with Crippen LogP contribution in [0.1, 0.15) is 54.2 Å². The number of furan rings is 1. The molecule has 0 atom stereocenters. The molecule has 24 heavy (non-hydrogen) atoms. The van der Waals surface area contributed by atoms with Gasteiger partial charge in [0.25, 0.3) is 0 Å². The van der Waals surface area contributed by atoms with Crippen LogP contribution in [0.3, 0.4) is 0 Å². The van der Waals surface area contributed by atoms with Crippen LogP contribution < -0.4 is 5.32 Å². The second kappa shape index (κ2) is 8.95. The number of urea groups is 1. The standard InChI is InChI=1S/C16H24N2O6/c1-6-18(7-2)16(21)17-13-12(15(20)23-9-4)11(10(5)24-13)14(19)22-8-3/h6-9H2,1-5H3,(H,17,21). The van der Waals surface area contributed by atoms with Gasteiger partial charge in [-0.2, -0.15) is 0 Å². The lowest BCUT2D eigenvalue weighted by Gasteiger charge is -2.18. The molecule has 0 aromatic carbocycles. The lowest BCUT2D eigenvalue weighted by Crippen LogP contribution is -2.34. The van der Waals surface area contributed by atoms with Crippen molar-refractivity contribution in [2.24, 2.45) is 0 Å². The number of ether oxygens (including phenoxy) is 2. The molecule has 8 nitrogen and oxygen atoms in total. The van der Waals surface area contributed by atoms with Gasteiger partial charge in [0, 0.05) is 13.1 Å². The minimum atomic E-state index is -0.757. The van der Waals surface area contributed by atoms with Gasteiger partial charge in [-0.15, -0.1) is 0 Å². The molecule has 0 unspecified atom stereocenters. The van der Waals surface area contributed by atoms with Crippen LogP contribution in [0.2, 0.25) is 0 Å². The molecule has 0 saturated carbocycles. The van der Waals surface area contributed by atoms with Crippen LogP contribution in [0.15, 0.2) is 4.42 Å². The van der Waals surface area contributed by atoms with Gasteiger partial charge in [-0.3, -0.25) is 5.32 Å². The molecule has 0 fully saturated rings. The number of hydrogen-bond acceptors (Lipinski definition) is 6. The van der Waals surface area contributed by atoms with Gasteiger partial charge in [-0.1, -0.05) is 0 Å². The average Bonchev–Trinajstić information content (AvgIpc) is 2.85. The van der Waals surface area contributed by atoms with E-state index >= 15 is 0 Å². The first-order chi connectivity index (χ1) is 11.4. The van der Waals surface area contributed by atoms with Gasteiger partial charge in [-0.05, 0) is 34.6 Å². The number of aryl methyl sites for hydroxylation is 1. The second-order valence-electron chi connectivity index (χ2n) is 4.78. The molecule has 134 valence electrons. The molecular formula is C16H24N2O6. The Morgan fingerprint density at radius 3 is 1.92 bits per heavy atom. The van der Waals surface area contributed by atoms with Crippen LogP contribution in [0.4, 0.5) is 10.7 Å². The third kappa shape index (κ3) is 4.27. The zero-order valence-corrected chi connectivity index (χ0v) is 14.7. The van der Waals surface area contributed by atoms with Crippen LogP contribution in [-0.4, -0.2) is 49.2 Å². The number of anilines is 1. The Balaban J connectivity index is 3.29. The summed E-state index contributed by atoms with van der Waals surface area (Å²) < 4.78 is 15.4. The average molecular weight is 340 g/mol. The predicted molar refractivity (Wildman–Crippen MR) is 87.3 cm³/mol. The molecule has 0 bridgehead atoms. The fourth-order valence-corrected chi connectivity index (χ4v) is 2.17. The van der Waals surface area contributed by atoms with E-state index in [0.717, 1.165) is 0 Å². The van der Waals surface area contributed by atoms with Gasteiger partial charge in [0.2, 0.25) is 5.88 Å². The van der Waals surface area contributed by atoms with Crippen LogP contribution >= 0.6 is 0 Å². The lowest BCUT2D eigenvalue weighted by molar-refractivity contribution is 0.0480. The van der Waals surface area contributed by atoms with Crippen molar-refractivity contribution >= 4 is 23.9 Å². The minimum Gasteiger partial charge on any atom is -0.462 e. The van der Waals surface area contributed by atoms with Crippen molar-refractivity contribution < 1.29 is 28.3 Å². The highest BCUT2D eigenvalue weighted by Gasteiger charge is 2.31. The normalized spacial score (nSPS) is 10.2. The van der Waals surface area contributed by atoms with Crippen molar-refractivity contribution in [3.8, 4) is 0 Å². The number of nitrogens with zero attached hydrogens (tertiary/aromatic N) is 1. The van der Waals surface area contributed by atoms with Gasteiger partial charge < -0.3 is 18.8 Å². The summed E-state index contributed by atoms with van der Waals surface area (Å²) in [6.07, 6.45) is 0. The highest BCUT2D eigenvalue weighted by molar-refractivity contribution is 6.09. The van der Waals surface area contributed by atoms with Crippen LogP contribution in [0, 0.1) is 6.92 Å². The molecule has 0 aliphatic rings. The van der Waals surface area contributed by atoms with Crippen molar-refractivity contribution in [3.63, 3.8) is 0 Å². The second-order valence-corrected chi connectivity index (χ2v) is 4.78. The van der Waals surface area contributed by atoms with Crippen molar-refractivity contribution in [1.29, 1.82) is 0 Å². The largest absolute Gasteiger partial charge is 0.462 e. The summed E-state index contributed by atoms with van der Waals surface area (Å²) >= 11 is 0. The molecule has 1 rings (SSSR count). The van der Waals surface area contributed by atoms with Crippen molar-refractivity contribution in [2.45, 2.75) is 34.6 Å². The number of amides is 2. The van der Waals surface area contributed by atoms with Gasteiger partial charge in [0.1, 0.15) is 16.9 Å². The number of esters is 2. The quantitative estimate of drug-likeness (QED) is 0.766. The Morgan fingerprint density at radius 2 is 1.46 bits per heavy atom. The Morgan fingerprint density at radius 1 is 0.958 bits per heavy atom. The van der Waals surface area contributed by atoms with E-state index < -0.39 is 18.0 Å². The van der Waals surface area contributed by atoms with E-state index in [1.54, 1.807) is 13.8 Å². The van der Waals surface area contributed by atoms with E-state index in [-0.39, 0.29) is 36.0 Å². The maximum atomic E-state index is 12.2. The summed E-state index contributed by atoms with van der Waals surface area (Å²) in [7, 11) is 0. The highest BCUT2D eigenvalue weighted by Crippen LogP contribution is 2.29. The fraction of sp³-hybridized carbons (Fsp3) is 0.562. The molecule has 1 aromatic heterocycles. The predicted octanol–water partition coefficient (Wildman–Crippen LogP) is 2.82. The van der Waals surface area contributed by atoms with E-state index in [0.29, 0.717) is 13.1 Å². The summed E-state index contributed by atoms with van der Waals surface area (Å²) in [5.41, 5.74) is -0.168. The number of nitrogens with one attached hydrogen (secondary N) is 1. The first-order valence-electron chi connectivity index (χ1n) is 7.94. The first-order valence-corrected chi connectivity index (χ1v) is 7.94. The number of rotatable bonds is 7. The summed E-state index contributed by atoms with van der Waals surface area (Å²) in [5.74, 6) is -1.41. The van der Waals surface area contributed by atoms with E-state index in [2.05, 4.69) is 5.32 Å². The minimum absolute atomic E-state index is 0.0369. The number of carbonyl (C=O) groups is 3. The van der Waals surface area contributed by atoms with Gasteiger partial charge >= 0.3 is 18.0 Å². The zero-order valence-electron chi connectivity index (χ0n) is 14.7. The van der Waals surface area contributed by atoms with E-state index in [1.165, 1.54) is 11.8 Å². The van der Waals surface area contributed by atoms with Gasteiger partial charge in [0.15, 0.2) is 0 Å². The third-order valence-electron chi connectivity index (χ3n) is 3.31. The fourth-order valence-electron chi connectivity index (χ4n) is 2.17. The van der Waals surface area contributed by atoms with E-state index in [4.69, 9.17) is 13.9 Å². The van der Waals surface area contributed by atoms with Crippen molar-refractivity contribution in [1.82, 2.24) is 4.90 Å². The summed E-state index contributed by atoms with van der Waals surface area (Å²) in [4.78, 5) is 38.1. The molecule has 0 aliphatic carbocycles. The smallest absolute Gasteiger partial charge is 0.344 e. The van der Waals surface area contributed by atoms with Gasteiger partial charge in [-0.25, -0.2) is 14.4 Å². The molecule has 8 heteroatoms. The third-order valence-corrected chi connectivity index (χ3v) is 3.31. The molecule has 0 saturated heterocycles. The molecule has 0 spiro atoms. The Bertz CT molecular complexity index is 604. The highest BCUT2D eigenvalue weighted by atomic mass is 16.5. The maximum Gasteiger partial charge on any atom is 0.344 e. The van der Waals surface area contributed by atoms with Crippen molar-refractivity contribution in [2.75, 3.05) is 31.6 Å². The SMILES string of the molecule is CCOC(=O)c1c(C)oc(NC(=O)N(CC)CC)c1C(=O)OCC. The molecule has 2 amide bonds. The number of hydrogen-bond donors (Lipinski definition) is 1. The molecule has 1 aromatic rings. The van der Waals surface area contributed by atoms with Crippen LogP contribution in [-0.2, 0) is 9.47 Å². The van der Waals surface area contributed by atoms with E-state index in [1.807, 2.05) is 13.8 Å². The molecule has 0 radical (unpaired) electrons. The monoisotopic (exact) mass is 340 g/mol. The summed E-state index contributed by atoms with van der Waals surface area (Å²) in [6, 6.07) is -0.435. The van der Waals surface area contributed by atoms with Crippen LogP contribution in [0.5, 0.6) is 0 Å².